The van der Waals surface area contributed by atoms with Crippen molar-refractivity contribution in [1.82, 2.24) is 10.6 Å². The van der Waals surface area contributed by atoms with Crippen molar-refractivity contribution in [3.63, 3.8) is 0 Å². The van der Waals surface area contributed by atoms with Crippen LogP contribution in [0.15, 0.2) is 36.4 Å². The van der Waals surface area contributed by atoms with Crippen LogP contribution in [0.2, 0.25) is 0 Å². The zero-order valence-electron chi connectivity index (χ0n) is 20.3. The van der Waals surface area contributed by atoms with Gasteiger partial charge in [-0.3, -0.25) is 10.2 Å². The van der Waals surface area contributed by atoms with Gasteiger partial charge in [0, 0.05) is 31.2 Å². The van der Waals surface area contributed by atoms with E-state index in [1.165, 1.54) is 6.07 Å². The zero-order chi connectivity index (χ0) is 24.7. The second-order valence-electron chi connectivity index (χ2n) is 8.37. The number of carbonyl (C=O) groups excluding carboxylic acids is 1. The summed E-state index contributed by atoms with van der Waals surface area (Å²) in [4.78, 5) is 12.9. The maximum Gasteiger partial charge on any atom is 0.254 e. The molecular weight excluding hydrogens is 513 g/mol. The third-order valence-electron chi connectivity index (χ3n) is 5.97. The Kier molecular flexibility index (Phi) is 13.1. The summed E-state index contributed by atoms with van der Waals surface area (Å²) in [7, 11) is 0. The van der Waals surface area contributed by atoms with Crippen LogP contribution in [0.3, 0.4) is 0 Å². The summed E-state index contributed by atoms with van der Waals surface area (Å²) in [5.41, 5.74) is 6.27. The molecule has 1 aliphatic heterocycles. The van der Waals surface area contributed by atoms with Crippen molar-refractivity contribution in [2.45, 2.75) is 45.4 Å². The number of carbonyl (C=O) groups is 1. The largest absolute Gasteiger partial charge is 0.487 e. The predicted octanol–water partition coefficient (Wildman–Crippen LogP) is 4.25. The molecule has 11 heteroatoms. The minimum atomic E-state index is -1.48. The number of piperidine rings is 1. The molecule has 0 spiro atoms. The number of nitrogens with one attached hydrogen (secondary N) is 3. The van der Waals surface area contributed by atoms with Crippen molar-refractivity contribution in [2.24, 2.45) is 11.7 Å². The lowest BCUT2D eigenvalue weighted by Crippen LogP contribution is -2.38. The standard InChI is InChI=1S/C25H32F2N4O3.2ClH/c1-3-33-23(25(32)31-13-16-6-8-17(9-7-16)24(28)29)21-19(26)10-11-20(22(21)27)34-15(2)18-5-4-12-30-14-18;;/h6-11,15,18,23,30H,3-5,12-14H2,1-2H3,(H3,28,29)(H,31,32);2*1H. The summed E-state index contributed by atoms with van der Waals surface area (Å²) in [6.45, 7) is 5.43. The predicted molar refractivity (Wildman–Crippen MR) is 140 cm³/mol. The molecule has 3 rings (SSSR count). The van der Waals surface area contributed by atoms with E-state index in [4.69, 9.17) is 20.6 Å². The van der Waals surface area contributed by atoms with Gasteiger partial charge < -0.3 is 25.8 Å². The molecule has 0 radical (unpaired) electrons. The van der Waals surface area contributed by atoms with Crippen molar-refractivity contribution in [3.05, 3.63) is 64.7 Å². The van der Waals surface area contributed by atoms with Gasteiger partial charge in [0.15, 0.2) is 17.7 Å². The van der Waals surface area contributed by atoms with E-state index < -0.39 is 29.2 Å². The molecule has 0 aromatic heterocycles. The molecule has 1 fully saturated rings. The lowest BCUT2D eigenvalue weighted by molar-refractivity contribution is -0.133. The Morgan fingerprint density at radius 3 is 2.50 bits per heavy atom. The molecule has 0 aliphatic carbocycles. The van der Waals surface area contributed by atoms with Crippen LogP contribution in [0.4, 0.5) is 8.78 Å². The van der Waals surface area contributed by atoms with Crippen molar-refractivity contribution in [1.29, 1.82) is 5.41 Å². The number of ether oxygens (including phenoxy) is 2. The number of nitrogen functional groups attached to an aromatic ring is 1. The Hall–Kier alpha value is -2.46. The SMILES string of the molecule is CCOC(C(=O)NCc1ccc(C(=N)N)cc1)c1c(F)ccc(OC(C)C2CCCNC2)c1F.Cl.Cl. The number of hydrogen-bond donors (Lipinski definition) is 4. The lowest BCUT2D eigenvalue weighted by Gasteiger charge is -2.29. The molecule has 1 amide bonds. The average Bonchev–Trinajstić information content (AvgIpc) is 2.84. The first-order valence-electron chi connectivity index (χ1n) is 11.5. The van der Waals surface area contributed by atoms with Gasteiger partial charge in [0.1, 0.15) is 17.8 Å². The fraction of sp³-hybridized carbons (Fsp3) is 0.440. The van der Waals surface area contributed by atoms with Crippen LogP contribution in [-0.4, -0.2) is 37.5 Å². The molecule has 0 bridgehead atoms. The molecule has 3 unspecified atom stereocenters. The quantitative estimate of drug-likeness (QED) is 0.263. The Bertz CT molecular complexity index is 1010. The lowest BCUT2D eigenvalue weighted by atomic mass is 9.94. The van der Waals surface area contributed by atoms with Crippen LogP contribution >= 0.6 is 24.8 Å². The molecule has 1 saturated heterocycles. The Morgan fingerprint density at radius 2 is 1.92 bits per heavy atom. The number of hydrogen-bond acceptors (Lipinski definition) is 5. The average molecular weight is 547 g/mol. The second-order valence-corrected chi connectivity index (χ2v) is 8.37. The normalized spacial score (nSPS) is 16.6. The van der Waals surface area contributed by atoms with Crippen molar-refractivity contribution < 1.29 is 23.0 Å². The van der Waals surface area contributed by atoms with E-state index in [0.717, 1.165) is 37.6 Å². The summed E-state index contributed by atoms with van der Waals surface area (Å²) < 4.78 is 41.5. The molecule has 7 nitrogen and oxygen atoms in total. The molecule has 1 aliphatic rings. The van der Waals surface area contributed by atoms with Crippen molar-refractivity contribution in [3.8, 4) is 5.75 Å². The summed E-state index contributed by atoms with van der Waals surface area (Å²) in [5.74, 6) is -2.44. The number of benzene rings is 2. The first-order valence-corrected chi connectivity index (χ1v) is 11.5. The van der Waals surface area contributed by atoms with E-state index in [9.17, 15) is 9.18 Å². The van der Waals surface area contributed by atoms with Gasteiger partial charge in [-0.1, -0.05) is 24.3 Å². The van der Waals surface area contributed by atoms with Crippen LogP contribution in [0.5, 0.6) is 5.75 Å². The fourth-order valence-electron chi connectivity index (χ4n) is 4.00. The number of amidine groups is 1. The van der Waals surface area contributed by atoms with Crippen LogP contribution in [-0.2, 0) is 16.1 Å². The maximum atomic E-state index is 15.4. The van der Waals surface area contributed by atoms with E-state index in [1.807, 2.05) is 6.92 Å². The first-order chi connectivity index (χ1) is 16.3. The number of rotatable bonds is 10. The summed E-state index contributed by atoms with van der Waals surface area (Å²) in [6.07, 6.45) is 0.218. The first kappa shape index (κ1) is 31.6. The minimum Gasteiger partial charge on any atom is -0.487 e. The topological polar surface area (TPSA) is 109 Å². The van der Waals surface area contributed by atoms with E-state index in [2.05, 4.69) is 10.6 Å². The van der Waals surface area contributed by atoms with Gasteiger partial charge in [0.2, 0.25) is 0 Å². The number of nitrogens with two attached hydrogens (primary N) is 1. The number of amides is 1. The summed E-state index contributed by atoms with van der Waals surface area (Å²) in [6, 6.07) is 9.09. The summed E-state index contributed by atoms with van der Waals surface area (Å²) in [5, 5.41) is 13.4. The van der Waals surface area contributed by atoms with Crippen molar-refractivity contribution >= 4 is 36.6 Å². The molecule has 200 valence electrons. The van der Waals surface area contributed by atoms with Crippen LogP contribution in [0.1, 0.15) is 49.5 Å². The monoisotopic (exact) mass is 546 g/mol. The minimum absolute atomic E-state index is 0. The van der Waals surface area contributed by atoms with E-state index >= 15 is 4.39 Å². The van der Waals surface area contributed by atoms with Gasteiger partial charge in [-0.15, -0.1) is 24.8 Å². The van der Waals surface area contributed by atoms with Crippen LogP contribution in [0, 0.1) is 23.0 Å². The zero-order valence-corrected chi connectivity index (χ0v) is 21.9. The van der Waals surface area contributed by atoms with Crippen LogP contribution < -0.4 is 21.1 Å². The second kappa shape index (κ2) is 14.9. The summed E-state index contributed by atoms with van der Waals surface area (Å²) >= 11 is 0. The molecule has 0 saturated carbocycles. The number of halogens is 4. The van der Waals surface area contributed by atoms with Gasteiger partial charge in [-0.25, -0.2) is 8.78 Å². The molecule has 5 N–H and O–H groups in total. The molecule has 3 atom stereocenters. The van der Waals surface area contributed by atoms with E-state index in [1.54, 1.807) is 31.2 Å². The molecule has 2 aromatic rings. The molecule has 36 heavy (non-hydrogen) atoms. The van der Waals surface area contributed by atoms with Crippen molar-refractivity contribution in [2.75, 3.05) is 19.7 Å². The van der Waals surface area contributed by atoms with Gasteiger partial charge in [-0.2, -0.15) is 0 Å². The highest BCUT2D eigenvalue weighted by Gasteiger charge is 2.31. The highest BCUT2D eigenvalue weighted by atomic mass is 35.5. The highest BCUT2D eigenvalue weighted by Crippen LogP contribution is 2.32. The fourth-order valence-corrected chi connectivity index (χ4v) is 4.00. The third-order valence-corrected chi connectivity index (χ3v) is 5.97. The van der Waals surface area contributed by atoms with Gasteiger partial charge in [-0.05, 0) is 50.9 Å². The maximum absolute atomic E-state index is 15.4. The van der Waals surface area contributed by atoms with Crippen LogP contribution in [0.25, 0.3) is 0 Å². The Balaban J connectivity index is 0.00000324. The van der Waals surface area contributed by atoms with E-state index in [0.29, 0.717) is 5.56 Å². The molecule has 2 aromatic carbocycles. The molecular formula is C25H34Cl2F2N4O3. The van der Waals surface area contributed by atoms with Gasteiger partial charge >= 0.3 is 0 Å². The third kappa shape index (κ3) is 8.03. The highest BCUT2D eigenvalue weighted by molar-refractivity contribution is 5.94. The smallest absolute Gasteiger partial charge is 0.254 e. The Labute approximate surface area is 222 Å². The van der Waals surface area contributed by atoms with Gasteiger partial charge in [0.05, 0.1) is 5.56 Å². The Morgan fingerprint density at radius 1 is 1.22 bits per heavy atom. The molecule has 1 heterocycles. The van der Waals surface area contributed by atoms with Gasteiger partial charge in [0.25, 0.3) is 5.91 Å². The van der Waals surface area contributed by atoms with E-state index in [-0.39, 0.29) is 61.6 Å².